The van der Waals surface area contributed by atoms with Crippen molar-refractivity contribution in [2.24, 2.45) is 5.92 Å². The molecule has 0 bridgehead atoms. The second-order valence-electron chi connectivity index (χ2n) is 8.67. The first-order valence-corrected chi connectivity index (χ1v) is 11.1. The minimum absolute atomic E-state index is 0. The molecule has 4 rings (SSSR count). The molecule has 0 fully saturated rings. The number of ether oxygens (including phenoxy) is 2. The summed E-state index contributed by atoms with van der Waals surface area (Å²) >= 11 is 0. The lowest BCUT2D eigenvalue weighted by atomic mass is 9.82. The number of nitrogens with zero attached hydrogens (tertiary/aromatic N) is 2. The van der Waals surface area contributed by atoms with Gasteiger partial charge in [-0.1, -0.05) is 24.3 Å². The summed E-state index contributed by atoms with van der Waals surface area (Å²) in [5, 5.41) is 0. The van der Waals surface area contributed by atoms with Gasteiger partial charge >= 0.3 is 0 Å². The third-order valence-corrected chi connectivity index (χ3v) is 6.11. The van der Waals surface area contributed by atoms with Crippen LogP contribution in [0.3, 0.4) is 0 Å². The smallest absolute Gasteiger partial charge is 0.128 e. The van der Waals surface area contributed by atoms with Crippen LogP contribution in [0, 0.1) is 5.92 Å². The van der Waals surface area contributed by atoms with Gasteiger partial charge in [0.2, 0.25) is 0 Å². The van der Waals surface area contributed by atoms with E-state index in [0.717, 1.165) is 40.7 Å². The minimum atomic E-state index is 0. The SMILES string of the molecule is COc1ccccc1-c1ccc(COc2ccc3c(c2)CCC(CCN(C)C)C3)cn1.Cl.Cl. The van der Waals surface area contributed by atoms with Gasteiger partial charge in [0.05, 0.1) is 12.8 Å². The fourth-order valence-electron chi connectivity index (χ4n) is 4.28. The Kier molecular flexibility index (Phi) is 10.5. The van der Waals surface area contributed by atoms with E-state index in [4.69, 9.17) is 9.47 Å². The normalized spacial score (nSPS) is 14.6. The van der Waals surface area contributed by atoms with Gasteiger partial charge in [-0.3, -0.25) is 4.98 Å². The van der Waals surface area contributed by atoms with Crippen LogP contribution in [0.15, 0.2) is 60.8 Å². The lowest BCUT2D eigenvalue weighted by molar-refractivity contribution is 0.304. The number of hydrogen-bond acceptors (Lipinski definition) is 4. The zero-order valence-corrected chi connectivity index (χ0v) is 21.3. The van der Waals surface area contributed by atoms with E-state index in [-0.39, 0.29) is 24.8 Å². The van der Waals surface area contributed by atoms with E-state index in [1.54, 1.807) is 7.11 Å². The summed E-state index contributed by atoms with van der Waals surface area (Å²) in [5.74, 6) is 2.57. The molecular formula is C27H34Cl2N2O2. The Hall–Kier alpha value is -2.27. The van der Waals surface area contributed by atoms with Gasteiger partial charge in [-0.2, -0.15) is 0 Å². The summed E-state index contributed by atoms with van der Waals surface area (Å²) in [6, 6.07) is 18.6. The van der Waals surface area contributed by atoms with Crippen molar-refractivity contribution < 1.29 is 9.47 Å². The van der Waals surface area contributed by atoms with Gasteiger partial charge < -0.3 is 14.4 Å². The van der Waals surface area contributed by atoms with Crippen molar-refractivity contribution in [3.8, 4) is 22.8 Å². The molecule has 0 saturated heterocycles. The molecule has 2 aromatic carbocycles. The fraction of sp³-hybridized carbons (Fsp3) is 0.370. The van der Waals surface area contributed by atoms with Gasteiger partial charge in [-0.15, -0.1) is 24.8 Å². The van der Waals surface area contributed by atoms with Crippen molar-refractivity contribution in [1.29, 1.82) is 0 Å². The van der Waals surface area contributed by atoms with Crippen LogP contribution in [0.5, 0.6) is 11.5 Å². The molecule has 0 spiro atoms. The molecule has 0 N–H and O–H groups in total. The third kappa shape index (κ3) is 7.10. The Morgan fingerprint density at radius 3 is 2.55 bits per heavy atom. The Bertz CT molecular complexity index is 1010. The summed E-state index contributed by atoms with van der Waals surface area (Å²) in [4.78, 5) is 6.90. The molecule has 6 heteroatoms. The maximum atomic E-state index is 6.08. The van der Waals surface area contributed by atoms with E-state index in [1.807, 2.05) is 36.5 Å². The van der Waals surface area contributed by atoms with Gasteiger partial charge in [0.1, 0.15) is 18.1 Å². The van der Waals surface area contributed by atoms with Crippen LogP contribution in [0.4, 0.5) is 0 Å². The first kappa shape index (κ1) is 27.0. The molecule has 0 aliphatic heterocycles. The van der Waals surface area contributed by atoms with Gasteiger partial charge in [-0.05, 0) is 93.7 Å². The van der Waals surface area contributed by atoms with Crippen molar-refractivity contribution in [1.82, 2.24) is 9.88 Å². The maximum Gasteiger partial charge on any atom is 0.128 e. The predicted octanol–water partition coefficient (Wildman–Crippen LogP) is 6.24. The van der Waals surface area contributed by atoms with Crippen molar-refractivity contribution in [3.63, 3.8) is 0 Å². The Balaban J connectivity index is 0.00000193. The maximum absolute atomic E-state index is 6.08. The van der Waals surface area contributed by atoms with E-state index >= 15 is 0 Å². The molecular weight excluding hydrogens is 455 g/mol. The zero-order chi connectivity index (χ0) is 21.6. The molecule has 1 heterocycles. The summed E-state index contributed by atoms with van der Waals surface area (Å²) in [7, 11) is 5.99. The molecule has 1 unspecified atom stereocenters. The second-order valence-corrected chi connectivity index (χ2v) is 8.67. The number of hydrogen-bond donors (Lipinski definition) is 0. The number of rotatable bonds is 8. The molecule has 1 aromatic heterocycles. The number of benzene rings is 2. The van der Waals surface area contributed by atoms with Crippen LogP contribution in [-0.2, 0) is 19.4 Å². The number of aryl methyl sites for hydroxylation is 1. The molecule has 1 atom stereocenters. The monoisotopic (exact) mass is 488 g/mol. The quantitative estimate of drug-likeness (QED) is 0.375. The standard InChI is InChI=1S/C27H32N2O2.2ClH/c1-29(2)15-14-20-8-10-23-17-24(12-11-22(23)16-20)31-19-21-9-13-26(28-18-21)25-6-4-5-7-27(25)30-3;;/h4-7,9,11-13,17-18,20H,8,10,14-16,19H2,1-3H3;2*1H. The molecule has 0 amide bonds. The van der Waals surface area contributed by atoms with E-state index in [2.05, 4.69) is 48.2 Å². The Morgan fingerprint density at radius 1 is 1.00 bits per heavy atom. The van der Waals surface area contributed by atoms with Gasteiger partial charge in [0.25, 0.3) is 0 Å². The van der Waals surface area contributed by atoms with Crippen LogP contribution in [0.2, 0.25) is 0 Å². The molecule has 0 saturated carbocycles. The first-order valence-electron chi connectivity index (χ1n) is 11.1. The molecule has 1 aliphatic rings. The molecule has 1 aliphatic carbocycles. The average Bonchev–Trinajstić information content (AvgIpc) is 2.81. The summed E-state index contributed by atoms with van der Waals surface area (Å²) in [5.41, 5.74) is 5.89. The molecule has 33 heavy (non-hydrogen) atoms. The number of halogens is 2. The van der Waals surface area contributed by atoms with E-state index in [9.17, 15) is 0 Å². The highest BCUT2D eigenvalue weighted by Crippen LogP contribution is 2.31. The average molecular weight is 489 g/mol. The van der Waals surface area contributed by atoms with E-state index in [0.29, 0.717) is 6.61 Å². The first-order chi connectivity index (χ1) is 15.1. The largest absolute Gasteiger partial charge is 0.496 e. The summed E-state index contributed by atoms with van der Waals surface area (Å²) in [6.45, 7) is 1.69. The van der Waals surface area contributed by atoms with Gasteiger partial charge in [0, 0.05) is 17.3 Å². The molecule has 4 nitrogen and oxygen atoms in total. The van der Waals surface area contributed by atoms with Crippen LogP contribution >= 0.6 is 24.8 Å². The highest BCUT2D eigenvalue weighted by atomic mass is 35.5. The number of fused-ring (bicyclic) bond motifs is 1. The lowest BCUT2D eigenvalue weighted by Gasteiger charge is -2.26. The van der Waals surface area contributed by atoms with Gasteiger partial charge in [-0.25, -0.2) is 0 Å². The number of methoxy groups -OCH3 is 1. The van der Waals surface area contributed by atoms with Crippen LogP contribution in [0.1, 0.15) is 29.5 Å². The van der Waals surface area contributed by atoms with E-state index < -0.39 is 0 Å². The van der Waals surface area contributed by atoms with Crippen LogP contribution in [-0.4, -0.2) is 37.6 Å². The minimum Gasteiger partial charge on any atom is -0.496 e. The topological polar surface area (TPSA) is 34.6 Å². The van der Waals surface area contributed by atoms with Crippen molar-refractivity contribution in [3.05, 3.63) is 77.5 Å². The summed E-state index contributed by atoms with van der Waals surface area (Å²) in [6.07, 6.45) is 6.79. The van der Waals surface area contributed by atoms with Crippen molar-refractivity contribution in [2.45, 2.75) is 32.3 Å². The van der Waals surface area contributed by atoms with Crippen LogP contribution in [0.25, 0.3) is 11.3 Å². The number of aromatic nitrogens is 1. The Morgan fingerprint density at radius 2 is 1.82 bits per heavy atom. The summed E-state index contributed by atoms with van der Waals surface area (Å²) < 4.78 is 11.5. The Labute approximate surface area is 210 Å². The molecule has 0 radical (unpaired) electrons. The van der Waals surface area contributed by atoms with Crippen molar-refractivity contribution in [2.75, 3.05) is 27.7 Å². The number of para-hydroxylation sites is 1. The second kappa shape index (κ2) is 12.8. The number of pyridine rings is 1. The van der Waals surface area contributed by atoms with Crippen molar-refractivity contribution >= 4 is 24.8 Å². The van der Waals surface area contributed by atoms with Crippen LogP contribution < -0.4 is 9.47 Å². The molecule has 3 aromatic rings. The molecule has 178 valence electrons. The van der Waals surface area contributed by atoms with E-state index in [1.165, 1.54) is 36.9 Å². The fourth-order valence-corrected chi connectivity index (χ4v) is 4.28. The third-order valence-electron chi connectivity index (χ3n) is 6.11. The zero-order valence-electron chi connectivity index (χ0n) is 19.6. The lowest BCUT2D eigenvalue weighted by Crippen LogP contribution is -2.21. The van der Waals surface area contributed by atoms with Gasteiger partial charge in [0.15, 0.2) is 0 Å². The predicted molar refractivity (Wildman–Crippen MR) is 140 cm³/mol. The highest BCUT2D eigenvalue weighted by molar-refractivity contribution is 5.85. The highest BCUT2D eigenvalue weighted by Gasteiger charge is 2.19.